The molecule has 0 spiro atoms. The van der Waals surface area contributed by atoms with Crippen molar-refractivity contribution in [1.82, 2.24) is 0 Å². The number of nitrogens with zero attached hydrogens (tertiary/aromatic N) is 1. The van der Waals surface area contributed by atoms with E-state index in [9.17, 15) is 9.90 Å². The van der Waals surface area contributed by atoms with Crippen molar-refractivity contribution in [3.05, 3.63) is 0 Å². The van der Waals surface area contributed by atoms with Gasteiger partial charge in [-0.2, -0.15) is 0 Å². The molecule has 0 bridgehead atoms. The molecule has 0 amide bonds. The van der Waals surface area contributed by atoms with Crippen molar-refractivity contribution < 1.29 is 14.4 Å². The van der Waals surface area contributed by atoms with Crippen molar-refractivity contribution in [2.75, 3.05) is 21.1 Å². The zero-order valence-corrected chi connectivity index (χ0v) is 8.00. The fourth-order valence-electron chi connectivity index (χ4n) is 1.40. The summed E-state index contributed by atoms with van der Waals surface area (Å²) in [6, 6.07) is -0.919. The predicted octanol–water partition coefficient (Wildman–Crippen LogP) is -2.56. The lowest BCUT2D eigenvalue weighted by Crippen LogP contribution is -2.72. The SMILES string of the molecule is CC(N)(N)C(C(=O)[O-])[N+](C)(C)C. The quantitative estimate of drug-likeness (QED) is 0.365. The highest BCUT2D eigenvalue weighted by Gasteiger charge is 2.38. The van der Waals surface area contributed by atoms with E-state index in [1.54, 1.807) is 21.1 Å². The number of carbonyl (C=O) groups excluding carboxylic acids is 1. The lowest BCUT2D eigenvalue weighted by molar-refractivity contribution is -0.893. The summed E-state index contributed by atoms with van der Waals surface area (Å²) >= 11 is 0. The molecule has 0 aromatic heterocycles. The van der Waals surface area contributed by atoms with Crippen LogP contribution < -0.4 is 16.6 Å². The van der Waals surface area contributed by atoms with Crippen LogP contribution in [0.2, 0.25) is 0 Å². The van der Waals surface area contributed by atoms with Crippen LogP contribution in [0.15, 0.2) is 0 Å². The van der Waals surface area contributed by atoms with Crippen LogP contribution in [-0.4, -0.2) is 43.3 Å². The number of carbonyl (C=O) groups is 1. The molecular formula is C7H17N3O2. The Hall–Kier alpha value is -0.650. The number of aliphatic carboxylic acids is 1. The molecule has 5 nitrogen and oxygen atoms in total. The van der Waals surface area contributed by atoms with Crippen molar-refractivity contribution in [3.8, 4) is 0 Å². The molecule has 5 heteroatoms. The molecule has 0 radical (unpaired) electrons. The molecule has 0 saturated heterocycles. The largest absolute Gasteiger partial charge is 0.544 e. The van der Waals surface area contributed by atoms with E-state index >= 15 is 0 Å². The third-order valence-electron chi connectivity index (χ3n) is 1.59. The van der Waals surface area contributed by atoms with E-state index in [1.165, 1.54) is 6.92 Å². The minimum Gasteiger partial charge on any atom is -0.544 e. The maximum absolute atomic E-state index is 10.7. The minimum atomic E-state index is -1.27. The van der Waals surface area contributed by atoms with Gasteiger partial charge >= 0.3 is 0 Å². The van der Waals surface area contributed by atoms with Gasteiger partial charge in [-0.15, -0.1) is 0 Å². The average Bonchev–Trinajstić information content (AvgIpc) is 1.49. The number of carboxylic acids is 1. The summed E-state index contributed by atoms with van der Waals surface area (Å²) < 4.78 is 0.145. The van der Waals surface area contributed by atoms with Crippen molar-refractivity contribution in [1.29, 1.82) is 0 Å². The van der Waals surface area contributed by atoms with Gasteiger partial charge in [-0.25, -0.2) is 0 Å². The topological polar surface area (TPSA) is 92.2 Å². The minimum absolute atomic E-state index is 0.145. The molecule has 0 fully saturated rings. The highest BCUT2D eigenvalue weighted by atomic mass is 16.4. The van der Waals surface area contributed by atoms with E-state index in [2.05, 4.69) is 0 Å². The van der Waals surface area contributed by atoms with E-state index in [4.69, 9.17) is 11.5 Å². The zero-order valence-electron chi connectivity index (χ0n) is 8.00. The van der Waals surface area contributed by atoms with Crippen LogP contribution in [-0.2, 0) is 4.79 Å². The molecule has 0 rings (SSSR count). The molecule has 4 N–H and O–H groups in total. The molecule has 72 valence electrons. The predicted molar refractivity (Wildman–Crippen MR) is 43.6 cm³/mol. The second-order valence-electron chi connectivity index (χ2n) is 4.20. The lowest BCUT2D eigenvalue weighted by atomic mass is 10.0. The van der Waals surface area contributed by atoms with Gasteiger partial charge in [0, 0.05) is 0 Å². The Morgan fingerprint density at radius 3 is 1.75 bits per heavy atom. The standard InChI is InChI=1S/C7H17N3O2/c1-7(8,9)5(6(11)12)10(2,3)4/h5H,8-9H2,1-4H3. The highest BCUT2D eigenvalue weighted by Crippen LogP contribution is 2.10. The van der Waals surface area contributed by atoms with Gasteiger partial charge in [0.05, 0.1) is 21.1 Å². The third-order valence-corrected chi connectivity index (χ3v) is 1.59. The van der Waals surface area contributed by atoms with Gasteiger partial charge in [0.15, 0.2) is 6.04 Å². The van der Waals surface area contributed by atoms with Gasteiger partial charge in [0.1, 0.15) is 11.6 Å². The lowest BCUT2D eigenvalue weighted by Gasteiger charge is -2.41. The molecule has 0 aromatic rings. The number of likely N-dealkylation sites (N-methyl/N-ethyl adjacent to an activating group) is 1. The first kappa shape index (κ1) is 11.4. The Kier molecular flexibility index (Phi) is 2.84. The first-order valence-corrected chi connectivity index (χ1v) is 3.66. The molecule has 0 aromatic carbocycles. The number of carboxylic acid groups (broad SMARTS) is 1. The van der Waals surface area contributed by atoms with Gasteiger partial charge in [-0.1, -0.05) is 0 Å². The maximum Gasteiger partial charge on any atom is 0.160 e. The molecule has 0 aliphatic heterocycles. The first-order chi connectivity index (χ1) is 5.07. The Morgan fingerprint density at radius 1 is 1.42 bits per heavy atom. The van der Waals surface area contributed by atoms with E-state index in [0.717, 1.165) is 0 Å². The number of nitrogens with two attached hydrogens (primary N) is 2. The van der Waals surface area contributed by atoms with Gasteiger partial charge in [0.2, 0.25) is 0 Å². The van der Waals surface area contributed by atoms with Crippen LogP contribution in [0.3, 0.4) is 0 Å². The number of quaternary nitrogens is 1. The second kappa shape index (κ2) is 3.01. The molecule has 0 aliphatic carbocycles. The fourth-order valence-corrected chi connectivity index (χ4v) is 1.40. The summed E-state index contributed by atoms with van der Waals surface area (Å²) in [4.78, 5) is 10.7. The molecule has 1 atom stereocenters. The van der Waals surface area contributed by atoms with E-state index < -0.39 is 17.7 Å². The van der Waals surface area contributed by atoms with E-state index in [1.807, 2.05) is 0 Å². The van der Waals surface area contributed by atoms with Crippen LogP contribution >= 0.6 is 0 Å². The summed E-state index contributed by atoms with van der Waals surface area (Å²) in [5.74, 6) is -1.23. The summed E-state index contributed by atoms with van der Waals surface area (Å²) in [7, 11) is 5.12. The van der Waals surface area contributed by atoms with Crippen molar-refractivity contribution in [2.24, 2.45) is 11.5 Å². The van der Waals surface area contributed by atoms with E-state index in [-0.39, 0.29) is 4.48 Å². The second-order valence-corrected chi connectivity index (χ2v) is 4.20. The molecular weight excluding hydrogens is 158 g/mol. The van der Waals surface area contributed by atoms with Crippen molar-refractivity contribution in [2.45, 2.75) is 18.6 Å². The van der Waals surface area contributed by atoms with E-state index in [0.29, 0.717) is 0 Å². The number of hydrogen-bond donors (Lipinski definition) is 2. The van der Waals surface area contributed by atoms with Crippen molar-refractivity contribution in [3.63, 3.8) is 0 Å². The Balaban J connectivity index is 4.82. The summed E-state index contributed by atoms with van der Waals surface area (Å²) in [5.41, 5.74) is 9.75. The Labute approximate surface area is 72.5 Å². The summed E-state index contributed by atoms with van der Waals surface area (Å²) in [6.45, 7) is 1.47. The molecule has 0 saturated carbocycles. The van der Waals surface area contributed by atoms with Crippen LogP contribution in [0.1, 0.15) is 6.92 Å². The van der Waals surface area contributed by atoms with Crippen LogP contribution in [0.5, 0.6) is 0 Å². The fraction of sp³-hybridized carbons (Fsp3) is 0.857. The zero-order chi connectivity index (χ0) is 10.2. The number of rotatable bonds is 3. The monoisotopic (exact) mass is 175 g/mol. The van der Waals surface area contributed by atoms with Gasteiger partial charge in [-0.05, 0) is 6.92 Å². The molecule has 12 heavy (non-hydrogen) atoms. The highest BCUT2D eigenvalue weighted by molar-refractivity contribution is 5.71. The van der Waals surface area contributed by atoms with Crippen LogP contribution in [0.4, 0.5) is 0 Å². The maximum atomic E-state index is 10.7. The van der Waals surface area contributed by atoms with Crippen LogP contribution in [0, 0.1) is 0 Å². The van der Waals surface area contributed by atoms with Crippen LogP contribution in [0.25, 0.3) is 0 Å². The average molecular weight is 175 g/mol. The van der Waals surface area contributed by atoms with Gasteiger partial charge in [0.25, 0.3) is 0 Å². The smallest absolute Gasteiger partial charge is 0.160 e. The normalized spacial score (nSPS) is 15.8. The Bertz CT molecular complexity index is 164. The van der Waals surface area contributed by atoms with Gasteiger partial charge in [-0.3, -0.25) is 0 Å². The molecule has 0 aliphatic rings. The Morgan fingerprint density at radius 2 is 1.75 bits per heavy atom. The molecule has 0 heterocycles. The summed E-state index contributed by atoms with van der Waals surface area (Å²) in [6.07, 6.45) is 0. The third kappa shape index (κ3) is 2.77. The molecule has 1 unspecified atom stereocenters. The first-order valence-electron chi connectivity index (χ1n) is 3.66. The summed E-state index contributed by atoms with van der Waals surface area (Å²) in [5, 5.41) is 10.7. The number of hydrogen-bond acceptors (Lipinski definition) is 4. The van der Waals surface area contributed by atoms with Crippen molar-refractivity contribution >= 4 is 5.97 Å². The van der Waals surface area contributed by atoms with Gasteiger partial charge < -0.3 is 25.9 Å².